The third-order valence-electron chi connectivity index (χ3n) is 5.33. The van der Waals surface area contributed by atoms with Gasteiger partial charge in [0.1, 0.15) is 5.76 Å². The van der Waals surface area contributed by atoms with Crippen LogP contribution in [0.2, 0.25) is 0 Å². The van der Waals surface area contributed by atoms with Crippen molar-refractivity contribution in [3.63, 3.8) is 0 Å². The van der Waals surface area contributed by atoms with E-state index in [1.165, 1.54) is 16.3 Å². The first kappa shape index (κ1) is 18.2. The van der Waals surface area contributed by atoms with Crippen LogP contribution in [0.15, 0.2) is 33.7 Å². The lowest BCUT2D eigenvalue weighted by molar-refractivity contribution is 0.0687. The van der Waals surface area contributed by atoms with Gasteiger partial charge in [-0.15, -0.1) is 0 Å². The minimum absolute atomic E-state index is 0.224. The molecule has 1 aromatic heterocycles. The first-order chi connectivity index (χ1) is 12.9. The normalized spacial score (nSPS) is 18.3. The van der Waals surface area contributed by atoms with Gasteiger partial charge in [-0.1, -0.05) is 11.2 Å². The third-order valence-corrected chi connectivity index (χ3v) is 7.23. The van der Waals surface area contributed by atoms with Crippen molar-refractivity contribution in [1.29, 1.82) is 0 Å². The number of carbonyl (C=O) groups excluding carboxylic acids is 1. The summed E-state index contributed by atoms with van der Waals surface area (Å²) in [5.74, 6) is 0.352. The van der Waals surface area contributed by atoms with E-state index < -0.39 is 10.0 Å². The van der Waals surface area contributed by atoms with Crippen molar-refractivity contribution in [2.45, 2.75) is 37.5 Å². The van der Waals surface area contributed by atoms with E-state index in [9.17, 15) is 13.2 Å². The van der Waals surface area contributed by atoms with Crippen LogP contribution >= 0.6 is 0 Å². The Morgan fingerprint density at radius 2 is 1.74 bits per heavy atom. The molecule has 144 valence electrons. The molecule has 0 radical (unpaired) electrons. The number of amides is 1. The van der Waals surface area contributed by atoms with Crippen molar-refractivity contribution in [3.05, 3.63) is 46.8 Å². The van der Waals surface area contributed by atoms with E-state index >= 15 is 0 Å². The molecule has 1 aliphatic carbocycles. The van der Waals surface area contributed by atoms with Crippen molar-refractivity contribution < 1.29 is 17.7 Å². The van der Waals surface area contributed by atoms with Crippen LogP contribution in [0.3, 0.4) is 0 Å². The highest BCUT2D eigenvalue weighted by molar-refractivity contribution is 7.89. The molecular weight excluding hydrogens is 366 g/mol. The highest BCUT2D eigenvalue weighted by atomic mass is 32.2. The van der Waals surface area contributed by atoms with Crippen LogP contribution in [0.25, 0.3) is 0 Å². The van der Waals surface area contributed by atoms with Crippen molar-refractivity contribution >= 4 is 15.9 Å². The van der Waals surface area contributed by atoms with Gasteiger partial charge in [0.15, 0.2) is 5.69 Å². The van der Waals surface area contributed by atoms with Gasteiger partial charge in [0, 0.05) is 32.2 Å². The molecule has 7 nitrogen and oxygen atoms in total. The molecule has 4 rings (SSSR count). The Bertz CT molecular complexity index is 959. The second-order valence-electron chi connectivity index (χ2n) is 7.16. The van der Waals surface area contributed by atoms with Crippen molar-refractivity contribution in [3.8, 4) is 0 Å². The molecule has 1 aromatic carbocycles. The fraction of sp³-hybridized carbons (Fsp3) is 0.474. The van der Waals surface area contributed by atoms with E-state index in [1.54, 1.807) is 24.0 Å². The SMILES string of the molecule is Cc1cc(C(=O)N2CCN(S(=O)(=O)c3ccc4c(c3)CCCC4)CC2)no1. The minimum Gasteiger partial charge on any atom is -0.361 e. The second kappa shape index (κ2) is 7.09. The van der Waals surface area contributed by atoms with Crippen molar-refractivity contribution in [2.75, 3.05) is 26.2 Å². The fourth-order valence-electron chi connectivity index (χ4n) is 3.78. The number of benzene rings is 1. The van der Waals surface area contributed by atoms with Gasteiger partial charge in [0.05, 0.1) is 4.90 Å². The standard InChI is InChI=1S/C19H23N3O4S/c1-14-12-18(20-26-14)19(23)21-8-10-22(11-9-21)27(24,25)17-7-6-15-4-2-3-5-16(15)13-17/h6-7,12-13H,2-5,8-11H2,1H3. The van der Waals surface area contributed by atoms with E-state index in [1.807, 2.05) is 12.1 Å². The highest BCUT2D eigenvalue weighted by Gasteiger charge is 2.31. The second-order valence-corrected chi connectivity index (χ2v) is 9.09. The van der Waals surface area contributed by atoms with Gasteiger partial charge in [-0.2, -0.15) is 4.31 Å². The molecule has 27 heavy (non-hydrogen) atoms. The van der Waals surface area contributed by atoms with Gasteiger partial charge in [-0.05, 0) is 55.9 Å². The molecule has 0 unspecified atom stereocenters. The van der Waals surface area contributed by atoms with Gasteiger partial charge < -0.3 is 9.42 Å². The van der Waals surface area contributed by atoms with Gasteiger partial charge >= 0.3 is 0 Å². The van der Waals surface area contributed by atoms with Crippen molar-refractivity contribution in [1.82, 2.24) is 14.4 Å². The number of aryl methyl sites for hydroxylation is 3. The Morgan fingerprint density at radius 3 is 2.41 bits per heavy atom. The summed E-state index contributed by atoms with van der Waals surface area (Å²) in [6.45, 7) is 2.97. The first-order valence-electron chi connectivity index (χ1n) is 9.30. The van der Waals surface area contributed by atoms with Crippen LogP contribution in [0.5, 0.6) is 0 Å². The Kier molecular flexibility index (Phi) is 4.77. The number of aromatic nitrogens is 1. The summed E-state index contributed by atoms with van der Waals surface area (Å²) in [5.41, 5.74) is 2.68. The zero-order valence-electron chi connectivity index (χ0n) is 15.3. The maximum atomic E-state index is 13.0. The topological polar surface area (TPSA) is 83.7 Å². The van der Waals surface area contributed by atoms with E-state index in [0.717, 1.165) is 24.8 Å². The molecule has 0 N–H and O–H groups in total. The lowest BCUT2D eigenvalue weighted by Gasteiger charge is -2.33. The molecule has 2 heterocycles. The molecular formula is C19H23N3O4S. The number of hydrogen-bond acceptors (Lipinski definition) is 5. The van der Waals surface area contributed by atoms with Crippen LogP contribution in [-0.2, 0) is 22.9 Å². The Morgan fingerprint density at radius 1 is 1.04 bits per heavy atom. The van der Waals surface area contributed by atoms with E-state index in [0.29, 0.717) is 23.7 Å². The lowest BCUT2D eigenvalue weighted by Crippen LogP contribution is -2.50. The predicted octanol–water partition coefficient (Wildman–Crippen LogP) is 2.01. The molecule has 1 amide bonds. The molecule has 0 bridgehead atoms. The number of hydrogen-bond donors (Lipinski definition) is 0. The fourth-order valence-corrected chi connectivity index (χ4v) is 5.25. The van der Waals surface area contributed by atoms with Crippen molar-refractivity contribution in [2.24, 2.45) is 0 Å². The Labute approximate surface area is 159 Å². The van der Waals surface area contributed by atoms with Gasteiger partial charge in [-0.3, -0.25) is 4.79 Å². The average Bonchev–Trinajstić information content (AvgIpc) is 3.13. The number of nitrogens with zero attached hydrogens (tertiary/aromatic N) is 3. The largest absolute Gasteiger partial charge is 0.361 e. The maximum Gasteiger partial charge on any atom is 0.276 e. The van der Waals surface area contributed by atoms with Crippen LogP contribution in [0, 0.1) is 6.92 Å². The minimum atomic E-state index is -3.54. The monoisotopic (exact) mass is 389 g/mol. The summed E-state index contributed by atoms with van der Waals surface area (Å²) >= 11 is 0. The summed E-state index contributed by atoms with van der Waals surface area (Å²) in [6.07, 6.45) is 4.25. The summed E-state index contributed by atoms with van der Waals surface area (Å²) in [4.78, 5) is 14.4. The Balaban J connectivity index is 1.46. The zero-order valence-corrected chi connectivity index (χ0v) is 16.2. The third kappa shape index (κ3) is 3.51. The van der Waals surface area contributed by atoms with E-state index in [4.69, 9.17) is 4.52 Å². The molecule has 0 spiro atoms. The number of fused-ring (bicyclic) bond motifs is 1. The quantitative estimate of drug-likeness (QED) is 0.802. The number of rotatable bonds is 3. The summed E-state index contributed by atoms with van der Waals surface area (Å²) in [5, 5.41) is 3.75. The van der Waals surface area contributed by atoms with E-state index in [-0.39, 0.29) is 24.7 Å². The molecule has 1 fully saturated rings. The molecule has 0 saturated carbocycles. The predicted molar refractivity (Wildman–Crippen MR) is 99.0 cm³/mol. The van der Waals surface area contributed by atoms with Gasteiger partial charge in [-0.25, -0.2) is 8.42 Å². The lowest BCUT2D eigenvalue weighted by atomic mass is 9.92. The van der Waals surface area contributed by atoms with Crippen LogP contribution in [0.4, 0.5) is 0 Å². The molecule has 8 heteroatoms. The molecule has 2 aliphatic rings. The molecule has 0 atom stereocenters. The summed E-state index contributed by atoms with van der Waals surface area (Å²) < 4.78 is 32.5. The van der Waals surface area contributed by atoms with E-state index in [2.05, 4.69) is 5.16 Å². The maximum absolute atomic E-state index is 13.0. The molecule has 1 saturated heterocycles. The summed E-state index contributed by atoms with van der Waals surface area (Å²) in [6, 6.07) is 7.10. The van der Waals surface area contributed by atoms with Crippen LogP contribution in [0.1, 0.15) is 40.2 Å². The van der Waals surface area contributed by atoms with Crippen LogP contribution in [-0.4, -0.2) is 54.9 Å². The zero-order chi connectivity index (χ0) is 19.0. The average molecular weight is 389 g/mol. The van der Waals surface area contributed by atoms with Gasteiger partial charge in [0.25, 0.3) is 5.91 Å². The first-order valence-corrected chi connectivity index (χ1v) is 10.7. The number of carbonyl (C=O) groups is 1. The van der Waals surface area contributed by atoms with Gasteiger partial charge in [0.2, 0.25) is 10.0 Å². The number of piperazine rings is 1. The molecule has 2 aromatic rings. The Hall–Kier alpha value is -2.19. The summed E-state index contributed by atoms with van der Waals surface area (Å²) in [7, 11) is -3.54. The molecule has 1 aliphatic heterocycles. The highest BCUT2D eigenvalue weighted by Crippen LogP contribution is 2.26. The number of sulfonamides is 1. The smallest absolute Gasteiger partial charge is 0.276 e. The van der Waals surface area contributed by atoms with Crippen LogP contribution < -0.4 is 0 Å².